The lowest BCUT2D eigenvalue weighted by Crippen LogP contribution is -1.97. The Morgan fingerprint density at radius 1 is 1.26 bits per heavy atom. The highest BCUT2D eigenvalue weighted by Gasteiger charge is 2.14. The zero-order valence-electron chi connectivity index (χ0n) is 12.1. The molecule has 116 valence electrons. The Morgan fingerprint density at radius 2 is 2.04 bits per heavy atom. The number of hydrogen-bond acceptors (Lipinski definition) is 4. The average molecular weight is 313 g/mol. The Balaban J connectivity index is 1.98. The maximum Gasteiger partial charge on any atom is 0.299 e. The van der Waals surface area contributed by atoms with Gasteiger partial charge in [0.05, 0.1) is 18.2 Å². The summed E-state index contributed by atoms with van der Waals surface area (Å²) in [6.07, 6.45) is 0. The largest absolute Gasteiger partial charge is 0.496 e. The molecule has 2 N–H and O–H groups in total. The first kappa shape index (κ1) is 14.7. The van der Waals surface area contributed by atoms with Crippen LogP contribution in [0.25, 0.3) is 10.9 Å². The van der Waals surface area contributed by atoms with Crippen molar-refractivity contribution in [3.8, 4) is 11.6 Å². The second-order valence-electron chi connectivity index (χ2n) is 4.72. The Kier molecular flexibility index (Phi) is 3.76. The molecule has 7 heteroatoms. The van der Waals surface area contributed by atoms with Crippen molar-refractivity contribution in [3.63, 3.8) is 0 Å². The molecule has 0 aliphatic rings. The molecule has 0 aliphatic carbocycles. The van der Waals surface area contributed by atoms with Gasteiger partial charge in [0, 0.05) is 5.39 Å². The summed E-state index contributed by atoms with van der Waals surface area (Å²) in [7, 11) is 1.44. The molecule has 6 nitrogen and oxygen atoms in total. The average Bonchev–Trinajstić information content (AvgIpc) is 2.87. The van der Waals surface area contributed by atoms with E-state index in [4.69, 9.17) is 4.74 Å². The number of amides is 1. The summed E-state index contributed by atoms with van der Waals surface area (Å²) in [5.74, 6) is -1.04. The first-order chi connectivity index (χ1) is 11.1. The van der Waals surface area contributed by atoms with Crippen LogP contribution >= 0.6 is 0 Å². The van der Waals surface area contributed by atoms with Gasteiger partial charge in [-0.3, -0.25) is 4.79 Å². The number of carbonyl (C=O) groups is 1. The second kappa shape index (κ2) is 5.88. The number of benzene rings is 2. The third-order valence-corrected chi connectivity index (χ3v) is 3.29. The minimum absolute atomic E-state index is 0.00254. The van der Waals surface area contributed by atoms with E-state index in [0.717, 1.165) is 0 Å². The number of halogens is 1. The van der Waals surface area contributed by atoms with Gasteiger partial charge >= 0.3 is 0 Å². The van der Waals surface area contributed by atoms with Gasteiger partial charge in [0.2, 0.25) is 5.88 Å². The zero-order chi connectivity index (χ0) is 16.4. The SMILES string of the molecule is COc1ccccc1C(=O)N=Nc1c(O)[nH]c2ccc(F)cc12. The van der Waals surface area contributed by atoms with Crippen molar-refractivity contribution in [3.05, 3.63) is 53.8 Å². The fourth-order valence-electron chi connectivity index (χ4n) is 2.21. The fraction of sp³-hybridized carbons (Fsp3) is 0.0625. The van der Waals surface area contributed by atoms with Gasteiger partial charge in [-0.2, -0.15) is 0 Å². The van der Waals surface area contributed by atoms with Gasteiger partial charge in [0.15, 0.2) is 5.69 Å². The summed E-state index contributed by atoms with van der Waals surface area (Å²) in [4.78, 5) is 14.8. The molecule has 0 radical (unpaired) electrons. The third kappa shape index (κ3) is 2.76. The highest BCUT2D eigenvalue weighted by atomic mass is 19.1. The molecule has 0 atom stereocenters. The molecule has 0 spiro atoms. The quantitative estimate of drug-likeness (QED) is 0.718. The van der Waals surface area contributed by atoms with E-state index in [9.17, 15) is 14.3 Å². The zero-order valence-corrected chi connectivity index (χ0v) is 12.1. The maximum absolute atomic E-state index is 13.3. The van der Waals surface area contributed by atoms with Crippen LogP contribution in [0.3, 0.4) is 0 Å². The van der Waals surface area contributed by atoms with Crippen LogP contribution in [0.4, 0.5) is 10.1 Å². The molecule has 1 heterocycles. The first-order valence-electron chi connectivity index (χ1n) is 6.69. The summed E-state index contributed by atoms with van der Waals surface area (Å²) in [5, 5.41) is 17.5. The van der Waals surface area contributed by atoms with Crippen LogP contribution in [0.15, 0.2) is 52.7 Å². The van der Waals surface area contributed by atoms with Gasteiger partial charge in [-0.25, -0.2) is 4.39 Å². The summed E-state index contributed by atoms with van der Waals surface area (Å²) >= 11 is 0. The number of ether oxygens (including phenoxy) is 1. The molecular formula is C16H12FN3O3. The molecular weight excluding hydrogens is 301 g/mol. The molecule has 0 unspecified atom stereocenters. The number of fused-ring (bicyclic) bond motifs is 1. The first-order valence-corrected chi connectivity index (χ1v) is 6.69. The van der Waals surface area contributed by atoms with Crippen LogP contribution in [-0.4, -0.2) is 23.1 Å². The Labute approximate surface area is 130 Å². The van der Waals surface area contributed by atoms with E-state index in [2.05, 4.69) is 15.2 Å². The number of aromatic nitrogens is 1. The Morgan fingerprint density at radius 3 is 2.83 bits per heavy atom. The molecule has 1 aromatic heterocycles. The lowest BCUT2D eigenvalue weighted by Gasteiger charge is -2.03. The van der Waals surface area contributed by atoms with Crippen molar-refractivity contribution in [1.82, 2.24) is 4.98 Å². The number of carbonyl (C=O) groups excluding carboxylic acids is 1. The Hall–Kier alpha value is -3.22. The van der Waals surface area contributed by atoms with E-state index in [1.54, 1.807) is 24.3 Å². The molecule has 3 rings (SSSR count). The fourth-order valence-corrected chi connectivity index (χ4v) is 2.21. The number of nitrogens with one attached hydrogen (secondary N) is 1. The molecule has 3 aromatic rings. The van der Waals surface area contributed by atoms with E-state index in [0.29, 0.717) is 16.7 Å². The van der Waals surface area contributed by atoms with Crippen LogP contribution in [0.1, 0.15) is 10.4 Å². The van der Waals surface area contributed by atoms with Crippen molar-refractivity contribution in [2.24, 2.45) is 10.2 Å². The highest BCUT2D eigenvalue weighted by molar-refractivity contribution is 5.98. The van der Waals surface area contributed by atoms with Crippen LogP contribution in [-0.2, 0) is 0 Å². The summed E-state index contributed by atoms with van der Waals surface area (Å²) in [6, 6.07) is 10.5. The van der Waals surface area contributed by atoms with Gasteiger partial charge in [-0.15, -0.1) is 10.2 Å². The second-order valence-corrected chi connectivity index (χ2v) is 4.72. The van der Waals surface area contributed by atoms with E-state index < -0.39 is 11.7 Å². The number of H-pyrrole nitrogens is 1. The number of rotatable bonds is 3. The monoisotopic (exact) mass is 313 g/mol. The van der Waals surface area contributed by atoms with Gasteiger partial charge in [-0.05, 0) is 30.3 Å². The summed E-state index contributed by atoms with van der Waals surface area (Å²) in [5.41, 5.74) is 0.731. The van der Waals surface area contributed by atoms with E-state index in [1.165, 1.54) is 25.3 Å². The molecule has 2 aromatic carbocycles. The minimum Gasteiger partial charge on any atom is -0.496 e. The van der Waals surface area contributed by atoms with Crippen molar-refractivity contribution < 1.29 is 19.0 Å². The number of hydrogen-bond donors (Lipinski definition) is 2. The number of aromatic hydroxyl groups is 1. The standard InChI is InChI=1S/C16H12FN3O3/c1-23-13-5-3-2-4-10(13)15(21)20-19-14-11-8-9(17)6-7-12(11)18-16(14)22/h2-8,18,22H,1H3. The number of methoxy groups -OCH3 is 1. The predicted octanol–water partition coefficient (Wildman–Crippen LogP) is 3.95. The van der Waals surface area contributed by atoms with Gasteiger partial charge in [0.1, 0.15) is 11.6 Å². The van der Waals surface area contributed by atoms with Crippen molar-refractivity contribution in [2.75, 3.05) is 7.11 Å². The highest BCUT2D eigenvalue weighted by Crippen LogP contribution is 2.36. The minimum atomic E-state index is -0.632. The van der Waals surface area contributed by atoms with Crippen LogP contribution < -0.4 is 4.74 Å². The molecule has 0 aliphatic heterocycles. The normalized spacial score (nSPS) is 11.2. The van der Waals surface area contributed by atoms with Crippen LogP contribution in [0.5, 0.6) is 11.6 Å². The number of aromatic amines is 1. The molecule has 0 bridgehead atoms. The van der Waals surface area contributed by atoms with Gasteiger partial charge < -0.3 is 14.8 Å². The molecule has 1 amide bonds. The van der Waals surface area contributed by atoms with Crippen LogP contribution in [0.2, 0.25) is 0 Å². The molecule has 0 saturated carbocycles. The lowest BCUT2D eigenvalue weighted by atomic mass is 10.2. The van der Waals surface area contributed by atoms with E-state index in [1.807, 2.05) is 0 Å². The van der Waals surface area contributed by atoms with E-state index >= 15 is 0 Å². The third-order valence-electron chi connectivity index (χ3n) is 3.29. The summed E-state index contributed by atoms with van der Waals surface area (Å²) < 4.78 is 18.4. The van der Waals surface area contributed by atoms with Gasteiger partial charge in [-0.1, -0.05) is 12.1 Å². The number of nitrogens with zero attached hydrogens (tertiary/aromatic N) is 2. The predicted molar refractivity (Wildman–Crippen MR) is 81.8 cm³/mol. The van der Waals surface area contributed by atoms with Crippen molar-refractivity contribution in [1.29, 1.82) is 0 Å². The maximum atomic E-state index is 13.3. The van der Waals surface area contributed by atoms with Gasteiger partial charge in [0.25, 0.3) is 5.91 Å². The number of azo groups is 1. The van der Waals surface area contributed by atoms with Crippen molar-refractivity contribution in [2.45, 2.75) is 0 Å². The summed E-state index contributed by atoms with van der Waals surface area (Å²) in [6.45, 7) is 0. The molecule has 0 saturated heterocycles. The lowest BCUT2D eigenvalue weighted by molar-refractivity contribution is 0.0992. The Bertz CT molecular complexity index is 918. The van der Waals surface area contributed by atoms with Crippen molar-refractivity contribution >= 4 is 22.5 Å². The number of para-hydroxylation sites is 1. The molecule has 23 heavy (non-hydrogen) atoms. The smallest absolute Gasteiger partial charge is 0.299 e. The van der Waals surface area contributed by atoms with E-state index in [-0.39, 0.29) is 17.1 Å². The molecule has 0 fully saturated rings. The topological polar surface area (TPSA) is 87.0 Å². The van der Waals surface area contributed by atoms with Crippen LogP contribution in [0, 0.1) is 5.82 Å².